The van der Waals surface area contributed by atoms with Gasteiger partial charge >= 0.3 is 0 Å². The van der Waals surface area contributed by atoms with Crippen LogP contribution in [0.2, 0.25) is 0 Å². The zero-order valence-corrected chi connectivity index (χ0v) is 14.1. The van der Waals surface area contributed by atoms with Crippen LogP contribution in [0, 0.1) is 0 Å². The fourth-order valence-corrected chi connectivity index (χ4v) is 3.79. The quantitative estimate of drug-likeness (QED) is 0.905. The third kappa shape index (κ3) is 4.97. The summed E-state index contributed by atoms with van der Waals surface area (Å²) in [5.41, 5.74) is 2.51. The molecule has 116 valence electrons. The first kappa shape index (κ1) is 15.3. The van der Waals surface area contributed by atoms with Gasteiger partial charge in [-0.05, 0) is 37.4 Å². The number of aromatic nitrogens is 1. The Labute approximate surface area is 132 Å². The number of pyridine rings is 1. The third-order valence-electron chi connectivity index (χ3n) is 4.37. The van der Waals surface area contributed by atoms with Crippen LogP contribution in [-0.2, 0) is 13.1 Å². The van der Waals surface area contributed by atoms with Crippen LogP contribution in [0.5, 0.6) is 0 Å². The van der Waals surface area contributed by atoms with Crippen molar-refractivity contribution in [3.05, 3.63) is 29.6 Å². The molecule has 2 heterocycles. The summed E-state index contributed by atoms with van der Waals surface area (Å²) in [5, 5.41) is 3.54. The van der Waals surface area contributed by atoms with E-state index in [1.54, 1.807) is 0 Å². The molecule has 1 saturated heterocycles. The topological polar surface area (TPSA) is 28.2 Å². The van der Waals surface area contributed by atoms with E-state index in [-0.39, 0.29) is 0 Å². The predicted molar refractivity (Wildman–Crippen MR) is 90.5 cm³/mol. The summed E-state index contributed by atoms with van der Waals surface area (Å²) in [6.07, 6.45) is 5.99. The van der Waals surface area contributed by atoms with Crippen molar-refractivity contribution in [3.8, 4) is 0 Å². The maximum atomic E-state index is 4.65. The van der Waals surface area contributed by atoms with Crippen molar-refractivity contribution in [3.63, 3.8) is 0 Å². The van der Waals surface area contributed by atoms with Crippen molar-refractivity contribution in [1.82, 2.24) is 15.2 Å². The lowest BCUT2D eigenvalue weighted by molar-refractivity contribution is 0.273. The molecule has 2 fully saturated rings. The number of hydrogen-bond acceptors (Lipinski definition) is 4. The molecule has 0 atom stereocenters. The zero-order chi connectivity index (χ0) is 14.7. The van der Waals surface area contributed by atoms with E-state index in [0.717, 1.165) is 19.1 Å². The monoisotopic (exact) mass is 305 g/mol. The molecule has 2 aliphatic rings. The summed E-state index contributed by atoms with van der Waals surface area (Å²) in [6.45, 7) is 9.05. The van der Waals surface area contributed by atoms with Crippen molar-refractivity contribution < 1.29 is 0 Å². The van der Waals surface area contributed by atoms with Crippen LogP contribution in [-0.4, -0.2) is 39.5 Å². The molecule has 0 spiro atoms. The van der Waals surface area contributed by atoms with Crippen molar-refractivity contribution in [2.24, 2.45) is 0 Å². The largest absolute Gasteiger partial charge is 0.310 e. The van der Waals surface area contributed by atoms with E-state index in [4.69, 9.17) is 0 Å². The Morgan fingerprint density at radius 2 is 2.19 bits per heavy atom. The summed E-state index contributed by atoms with van der Waals surface area (Å²) in [6, 6.07) is 5.20. The second-order valence-electron chi connectivity index (χ2n) is 6.95. The second kappa shape index (κ2) is 6.67. The van der Waals surface area contributed by atoms with E-state index in [1.807, 2.05) is 6.20 Å². The number of nitrogens with one attached hydrogen (secondary N) is 1. The highest BCUT2D eigenvalue weighted by molar-refractivity contribution is 8.00. The first-order chi connectivity index (χ1) is 10.1. The number of rotatable bonds is 5. The van der Waals surface area contributed by atoms with Gasteiger partial charge in [0, 0.05) is 42.4 Å². The van der Waals surface area contributed by atoms with E-state index in [9.17, 15) is 0 Å². The van der Waals surface area contributed by atoms with Crippen LogP contribution < -0.4 is 5.32 Å². The van der Waals surface area contributed by atoms with Crippen LogP contribution in [0.3, 0.4) is 0 Å². The van der Waals surface area contributed by atoms with E-state index in [1.165, 1.54) is 49.4 Å². The Morgan fingerprint density at radius 1 is 1.33 bits per heavy atom. The standard InChI is InChI=1S/C17H27N3S/c1-17(2)7-8-20(9-10-21-17)13-16-4-3-14(12-19-16)11-18-15-5-6-15/h3-4,12,15,18H,5-11,13H2,1-2H3. The van der Waals surface area contributed by atoms with E-state index >= 15 is 0 Å². The summed E-state index contributed by atoms with van der Waals surface area (Å²) in [5.74, 6) is 1.23. The van der Waals surface area contributed by atoms with Crippen molar-refractivity contribution in [2.45, 2.75) is 57.0 Å². The molecule has 1 saturated carbocycles. The Hall–Kier alpha value is -0.580. The summed E-state index contributed by atoms with van der Waals surface area (Å²) in [4.78, 5) is 7.20. The molecule has 0 aromatic carbocycles. The lowest BCUT2D eigenvalue weighted by Crippen LogP contribution is -2.27. The van der Waals surface area contributed by atoms with Gasteiger partial charge in [0.1, 0.15) is 0 Å². The molecule has 0 amide bonds. The van der Waals surface area contributed by atoms with Crippen molar-refractivity contribution >= 4 is 11.8 Å². The van der Waals surface area contributed by atoms with Crippen LogP contribution in [0.15, 0.2) is 18.3 Å². The number of thioether (sulfide) groups is 1. The maximum absolute atomic E-state index is 4.65. The number of hydrogen-bond donors (Lipinski definition) is 1. The Balaban J connectivity index is 1.49. The summed E-state index contributed by atoms with van der Waals surface area (Å²) in [7, 11) is 0. The van der Waals surface area contributed by atoms with Gasteiger partial charge in [-0.3, -0.25) is 9.88 Å². The first-order valence-electron chi connectivity index (χ1n) is 8.14. The maximum Gasteiger partial charge on any atom is 0.0544 e. The normalized spacial score (nSPS) is 23.0. The molecular formula is C17H27N3S. The van der Waals surface area contributed by atoms with E-state index < -0.39 is 0 Å². The molecule has 0 bridgehead atoms. The predicted octanol–water partition coefficient (Wildman–Crippen LogP) is 3.05. The average Bonchev–Trinajstić information content (AvgIpc) is 3.28. The Bertz CT molecular complexity index is 454. The van der Waals surface area contributed by atoms with Crippen LogP contribution in [0.1, 0.15) is 44.4 Å². The van der Waals surface area contributed by atoms with Crippen LogP contribution in [0.4, 0.5) is 0 Å². The zero-order valence-electron chi connectivity index (χ0n) is 13.3. The van der Waals surface area contributed by atoms with Gasteiger partial charge in [0.2, 0.25) is 0 Å². The average molecular weight is 305 g/mol. The Kier molecular flexibility index (Phi) is 4.87. The highest BCUT2D eigenvalue weighted by Gasteiger charge is 2.23. The molecule has 3 rings (SSSR count). The minimum atomic E-state index is 0.431. The fourth-order valence-electron chi connectivity index (χ4n) is 2.65. The van der Waals surface area contributed by atoms with Gasteiger partial charge in [-0.2, -0.15) is 11.8 Å². The van der Waals surface area contributed by atoms with Gasteiger partial charge in [-0.1, -0.05) is 19.9 Å². The molecule has 1 aromatic rings. The summed E-state index contributed by atoms with van der Waals surface area (Å²) >= 11 is 2.10. The van der Waals surface area contributed by atoms with E-state index in [0.29, 0.717) is 4.75 Å². The van der Waals surface area contributed by atoms with Gasteiger partial charge in [-0.25, -0.2) is 0 Å². The Morgan fingerprint density at radius 3 is 2.90 bits per heavy atom. The second-order valence-corrected chi connectivity index (χ2v) is 8.75. The van der Waals surface area contributed by atoms with Crippen molar-refractivity contribution in [1.29, 1.82) is 0 Å². The molecule has 0 radical (unpaired) electrons. The van der Waals surface area contributed by atoms with Gasteiger partial charge < -0.3 is 5.32 Å². The molecule has 21 heavy (non-hydrogen) atoms. The van der Waals surface area contributed by atoms with E-state index in [2.05, 4.69) is 52.9 Å². The lowest BCUT2D eigenvalue weighted by Gasteiger charge is -2.22. The first-order valence-corrected chi connectivity index (χ1v) is 9.13. The van der Waals surface area contributed by atoms with Crippen LogP contribution >= 0.6 is 11.8 Å². The smallest absolute Gasteiger partial charge is 0.0544 e. The molecule has 1 N–H and O–H groups in total. The summed E-state index contributed by atoms with van der Waals surface area (Å²) < 4.78 is 0.431. The highest BCUT2D eigenvalue weighted by atomic mass is 32.2. The molecular weight excluding hydrogens is 278 g/mol. The highest BCUT2D eigenvalue weighted by Crippen LogP contribution is 2.30. The number of nitrogens with zero attached hydrogens (tertiary/aromatic N) is 2. The van der Waals surface area contributed by atoms with Gasteiger partial charge in [0.05, 0.1) is 5.69 Å². The molecule has 4 heteroatoms. The minimum Gasteiger partial charge on any atom is -0.310 e. The SMILES string of the molecule is CC1(C)CCN(Cc2ccc(CNC3CC3)cn2)CCS1. The minimum absolute atomic E-state index is 0.431. The van der Waals surface area contributed by atoms with Gasteiger partial charge in [-0.15, -0.1) is 0 Å². The van der Waals surface area contributed by atoms with Crippen molar-refractivity contribution in [2.75, 3.05) is 18.8 Å². The molecule has 1 aromatic heterocycles. The fraction of sp³-hybridized carbons (Fsp3) is 0.706. The molecule has 1 aliphatic heterocycles. The molecule has 1 aliphatic carbocycles. The molecule has 3 nitrogen and oxygen atoms in total. The van der Waals surface area contributed by atoms with Gasteiger partial charge in [0.15, 0.2) is 0 Å². The lowest BCUT2D eigenvalue weighted by atomic mass is 10.1. The molecule has 0 unspecified atom stereocenters. The van der Waals surface area contributed by atoms with Gasteiger partial charge in [0.25, 0.3) is 0 Å². The third-order valence-corrected chi connectivity index (χ3v) is 5.75. The van der Waals surface area contributed by atoms with Crippen LogP contribution in [0.25, 0.3) is 0 Å².